The summed E-state index contributed by atoms with van der Waals surface area (Å²) in [6, 6.07) is 8.48. The van der Waals surface area contributed by atoms with Crippen molar-refractivity contribution in [1.82, 2.24) is 15.1 Å². The summed E-state index contributed by atoms with van der Waals surface area (Å²) in [5.74, 6) is 0.200. The molecule has 7 heteroatoms. The molecule has 1 aliphatic heterocycles. The average Bonchev–Trinajstić information content (AvgIpc) is 3.08. The Morgan fingerprint density at radius 1 is 1.19 bits per heavy atom. The van der Waals surface area contributed by atoms with Crippen molar-refractivity contribution in [3.8, 4) is 0 Å². The number of hydrogen-bond donors (Lipinski definition) is 2. The second-order valence-electron chi connectivity index (χ2n) is 7.22. The Kier molecular flexibility index (Phi) is 9.72. The fraction of sp³-hybridized carbons (Fsp3) is 0.632. The van der Waals surface area contributed by atoms with E-state index in [0.717, 1.165) is 51.3 Å². The van der Waals surface area contributed by atoms with Gasteiger partial charge in [0.05, 0.1) is 6.04 Å². The Morgan fingerprint density at radius 2 is 1.85 bits per heavy atom. The van der Waals surface area contributed by atoms with E-state index in [1.807, 2.05) is 25.1 Å². The van der Waals surface area contributed by atoms with E-state index in [0.29, 0.717) is 6.04 Å². The monoisotopic (exact) mass is 402 g/mol. The van der Waals surface area contributed by atoms with Crippen molar-refractivity contribution in [3.63, 3.8) is 0 Å². The van der Waals surface area contributed by atoms with E-state index in [-0.39, 0.29) is 36.8 Å². The van der Waals surface area contributed by atoms with Crippen molar-refractivity contribution in [2.24, 2.45) is 0 Å². The fourth-order valence-corrected chi connectivity index (χ4v) is 3.82. The minimum Gasteiger partial charge on any atom is -0.399 e. The molecule has 26 heavy (non-hydrogen) atoms. The van der Waals surface area contributed by atoms with Gasteiger partial charge in [-0.2, -0.15) is 0 Å². The molecule has 0 aromatic heterocycles. The first-order valence-corrected chi connectivity index (χ1v) is 9.23. The summed E-state index contributed by atoms with van der Waals surface area (Å²) in [7, 11) is 0. The molecular formula is C19H32Cl2N4O. The zero-order chi connectivity index (χ0) is 16.9. The van der Waals surface area contributed by atoms with Crippen molar-refractivity contribution in [1.29, 1.82) is 0 Å². The molecule has 1 unspecified atom stereocenters. The molecule has 0 bridgehead atoms. The zero-order valence-corrected chi connectivity index (χ0v) is 17.2. The summed E-state index contributed by atoms with van der Waals surface area (Å²) in [4.78, 5) is 17.2. The van der Waals surface area contributed by atoms with Crippen LogP contribution < -0.4 is 11.1 Å². The summed E-state index contributed by atoms with van der Waals surface area (Å²) in [5, 5.41) is 3.23. The number of nitrogens with one attached hydrogen (secondary N) is 1. The van der Waals surface area contributed by atoms with Crippen LogP contribution in [0.3, 0.4) is 0 Å². The molecule has 1 saturated carbocycles. The quantitative estimate of drug-likeness (QED) is 0.743. The van der Waals surface area contributed by atoms with Gasteiger partial charge in [0.15, 0.2) is 0 Å². The third-order valence-electron chi connectivity index (χ3n) is 5.39. The first-order valence-electron chi connectivity index (χ1n) is 9.23. The number of anilines is 1. The molecule has 0 radical (unpaired) electrons. The van der Waals surface area contributed by atoms with Gasteiger partial charge in [-0.25, -0.2) is 0 Å². The molecular weight excluding hydrogens is 371 g/mol. The van der Waals surface area contributed by atoms with Crippen molar-refractivity contribution >= 4 is 36.4 Å². The summed E-state index contributed by atoms with van der Waals surface area (Å²) in [6.07, 6.45) is 4.79. The first-order chi connectivity index (χ1) is 11.6. The number of rotatable bonds is 5. The highest BCUT2D eigenvalue weighted by atomic mass is 35.5. The molecule has 5 nitrogen and oxygen atoms in total. The molecule has 1 atom stereocenters. The van der Waals surface area contributed by atoms with Gasteiger partial charge in [0, 0.05) is 44.5 Å². The van der Waals surface area contributed by atoms with Crippen molar-refractivity contribution in [2.75, 3.05) is 31.9 Å². The highest BCUT2D eigenvalue weighted by Gasteiger charge is 2.27. The molecule has 1 aromatic carbocycles. The summed E-state index contributed by atoms with van der Waals surface area (Å²) >= 11 is 0. The minimum absolute atomic E-state index is 0. The van der Waals surface area contributed by atoms with E-state index in [9.17, 15) is 4.79 Å². The molecule has 0 spiro atoms. The van der Waals surface area contributed by atoms with E-state index in [4.69, 9.17) is 5.73 Å². The molecule has 1 aromatic rings. The van der Waals surface area contributed by atoms with Crippen LogP contribution >= 0.6 is 24.8 Å². The lowest BCUT2D eigenvalue weighted by Gasteiger charge is -2.37. The third kappa shape index (κ3) is 6.31. The van der Waals surface area contributed by atoms with Gasteiger partial charge in [-0.1, -0.05) is 25.0 Å². The number of benzene rings is 1. The SMILES string of the molecule is CC(C(=O)NC1CCCC1)N1CCN(Cc2cccc(N)c2)CC1.Cl.Cl. The number of piperazine rings is 1. The lowest BCUT2D eigenvalue weighted by atomic mass is 10.1. The standard InChI is InChI=1S/C19H30N4O.2ClH/c1-15(19(24)21-18-7-2-3-8-18)23-11-9-22(10-12-23)14-16-5-4-6-17(20)13-16;;/h4-6,13,15,18H,2-3,7-12,14,20H2,1H3,(H,21,24);2*1H. The maximum atomic E-state index is 12.4. The molecule has 2 aliphatic rings. The molecule has 1 amide bonds. The van der Waals surface area contributed by atoms with Crippen LogP contribution in [0.25, 0.3) is 0 Å². The summed E-state index contributed by atoms with van der Waals surface area (Å²) < 4.78 is 0. The Hall–Kier alpha value is -1.01. The molecule has 3 N–H and O–H groups in total. The van der Waals surface area contributed by atoms with E-state index in [2.05, 4.69) is 21.2 Å². The van der Waals surface area contributed by atoms with E-state index in [1.54, 1.807) is 0 Å². The van der Waals surface area contributed by atoms with Crippen LogP contribution in [-0.2, 0) is 11.3 Å². The Balaban J connectivity index is 0.00000169. The third-order valence-corrected chi connectivity index (χ3v) is 5.39. The van der Waals surface area contributed by atoms with Crippen LogP contribution in [0.4, 0.5) is 5.69 Å². The number of carbonyl (C=O) groups excluding carboxylic acids is 1. The molecule has 2 fully saturated rings. The van der Waals surface area contributed by atoms with Gasteiger partial charge in [-0.05, 0) is 37.5 Å². The van der Waals surface area contributed by atoms with Gasteiger partial charge in [0.1, 0.15) is 0 Å². The second kappa shape index (κ2) is 11.0. The number of halogens is 2. The molecule has 1 saturated heterocycles. The van der Waals surface area contributed by atoms with Gasteiger partial charge in [0.25, 0.3) is 0 Å². The molecule has 1 heterocycles. The largest absolute Gasteiger partial charge is 0.399 e. The topological polar surface area (TPSA) is 61.6 Å². The number of carbonyl (C=O) groups is 1. The number of nitrogens with two attached hydrogens (primary N) is 1. The van der Waals surface area contributed by atoms with Crippen LogP contribution in [-0.4, -0.2) is 54.0 Å². The normalized spacial score (nSPS) is 20.0. The Bertz CT molecular complexity index is 558. The van der Waals surface area contributed by atoms with E-state index >= 15 is 0 Å². The average molecular weight is 403 g/mol. The Labute approximate surface area is 169 Å². The fourth-order valence-electron chi connectivity index (χ4n) is 3.82. The molecule has 1 aliphatic carbocycles. The molecule has 148 valence electrons. The molecule has 3 rings (SSSR count). The van der Waals surface area contributed by atoms with Crippen LogP contribution in [0, 0.1) is 0 Å². The second-order valence-corrected chi connectivity index (χ2v) is 7.22. The number of nitrogen functional groups attached to an aromatic ring is 1. The van der Waals surface area contributed by atoms with Crippen molar-refractivity contribution < 1.29 is 4.79 Å². The zero-order valence-electron chi connectivity index (χ0n) is 15.5. The number of hydrogen-bond acceptors (Lipinski definition) is 4. The smallest absolute Gasteiger partial charge is 0.237 e. The van der Waals surface area contributed by atoms with Crippen LogP contribution in [0.1, 0.15) is 38.2 Å². The van der Waals surface area contributed by atoms with Crippen LogP contribution in [0.2, 0.25) is 0 Å². The summed E-state index contributed by atoms with van der Waals surface area (Å²) in [6.45, 7) is 6.86. The van der Waals surface area contributed by atoms with Crippen LogP contribution in [0.15, 0.2) is 24.3 Å². The maximum Gasteiger partial charge on any atom is 0.237 e. The lowest BCUT2D eigenvalue weighted by molar-refractivity contribution is -0.127. The Morgan fingerprint density at radius 3 is 2.46 bits per heavy atom. The summed E-state index contributed by atoms with van der Waals surface area (Å²) in [5.41, 5.74) is 7.94. The van der Waals surface area contributed by atoms with Crippen molar-refractivity contribution in [3.05, 3.63) is 29.8 Å². The van der Waals surface area contributed by atoms with Crippen LogP contribution in [0.5, 0.6) is 0 Å². The highest BCUT2D eigenvalue weighted by Crippen LogP contribution is 2.18. The van der Waals surface area contributed by atoms with Gasteiger partial charge in [-0.15, -0.1) is 24.8 Å². The lowest BCUT2D eigenvalue weighted by Crippen LogP contribution is -2.54. The van der Waals surface area contributed by atoms with E-state index in [1.165, 1.54) is 18.4 Å². The van der Waals surface area contributed by atoms with Gasteiger partial charge < -0.3 is 11.1 Å². The van der Waals surface area contributed by atoms with Gasteiger partial charge >= 0.3 is 0 Å². The highest BCUT2D eigenvalue weighted by molar-refractivity contribution is 5.85. The first kappa shape index (κ1) is 23.0. The van der Waals surface area contributed by atoms with Crippen molar-refractivity contribution in [2.45, 2.75) is 51.2 Å². The predicted octanol–water partition coefficient (Wildman–Crippen LogP) is 2.68. The van der Waals surface area contributed by atoms with E-state index < -0.39 is 0 Å². The van der Waals surface area contributed by atoms with Gasteiger partial charge in [-0.3, -0.25) is 14.6 Å². The van der Waals surface area contributed by atoms with Gasteiger partial charge in [0.2, 0.25) is 5.91 Å². The predicted molar refractivity (Wildman–Crippen MR) is 112 cm³/mol. The minimum atomic E-state index is -0.0277. The maximum absolute atomic E-state index is 12.4. The number of amides is 1. The number of nitrogens with zero attached hydrogens (tertiary/aromatic N) is 2.